The van der Waals surface area contributed by atoms with Crippen LogP contribution in [0.1, 0.15) is 32.8 Å². The highest BCUT2D eigenvalue weighted by Gasteiger charge is 2.01. The molecule has 1 aromatic rings. The Kier molecular flexibility index (Phi) is 5.87. The van der Waals surface area contributed by atoms with E-state index in [4.69, 9.17) is 0 Å². The van der Waals surface area contributed by atoms with Crippen molar-refractivity contribution in [1.82, 2.24) is 5.32 Å². The van der Waals surface area contributed by atoms with Gasteiger partial charge >= 0.3 is 0 Å². The maximum absolute atomic E-state index is 3.50. The number of nitrogens with one attached hydrogen (secondary N) is 1. The Morgan fingerprint density at radius 3 is 2.44 bits per heavy atom. The van der Waals surface area contributed by atoms with Crippen LogP contribution < -0.4 is 5.32 Å². The van der Waals surface area contributed by atoms with E-state index in [1.165, 1.54) is 12.0 Å². The molecule has 88 valence electrons. The molecule has 1 aromatic carbocycles. The summed E-state index contributed by atoms with van der Waals surface area (Å²) in [6, 6.07) is 11.0. The molecule has 1 atom stereocenters. The second-order valence-corrected chi connectivity index (χ2v) is 4.75. The fourth-order valence-corrected chi connectivity index (χ4v) is 1.82. The molecule has 0 aromatic heterocycles. The Morgan fingerprint density at radius 2 is 1.81 bits per heavy atom. The van der Waals surface area contributed by atoms with Gasteiger partial charge in [0.1, 0.15) is 0 Å². The lowest BCUT2D eigenvalue weighted by atomic mass is 10.1. The molecule has 16 heavy (non-hydrogen) atoms. The van der Waals surface area contributed by atoms with E-state index in [2.05, 4.69) is 62.5 Å². The molecule has 0 aliphatic rings. The smallest absolute Gasteiger partial charge is 0.0140 e. The van der Waals surface area contributed by atoms with Gasteiger partial charge in [-0.1, -0.05) is 56.3 Å². The maximum Gasteiger partial charge on any atom is 0.0140 e. The Balaban J connectivity index is 2.23. The predicted molar refractivity (Wildman–Crippen MR) is 72.4 cm³/mol. The number of benzene rings is 1. The van der Waals surface area contributed by atoms with Crippen LogP contribution in [0.3, 0.4) is 0 Å². The molecule has 1 N–H and O–H groups in total. The molecule has 1 nitrogen and oxygen atoms in total. The average molecular weight is 217 g/mol. The van der Waals surface area contributed by atoms with Crippen molar-refractivity contribution in [3.63, 3.8) is 0 Å². The van der Waals surface area contributed by atoms with E-state index < -0.39 is 0 Å². The van der Waals surface area contributed by atoms with E-state index in [1.54, 1.807) is 0 Å². The molecule has 0 spiro atoms. The van der Waals surface area contributed by atoms with Gasteiger partial charge in [-0.3, -0.25) is 0 Å². The lowest BCUT2D eigenvalue weighted by Gasteiger charge is -2.14. The second kappa shape index (κ2) is 7.24. The van der Waals surface area contributed by atoms with Crippen molar-refractivity contribution in [1.29, 1.82) is 0 Å². The van der Waals surface area contributed by atoms with E-state index in [-0.39, 0.29) is 0 Å². The third kappa shape index (κ3) is 5.72. The summed E-state index contributed by atoms with van der Waals surface area (Å²) in [5, 5.41) is 3.50. The van der Waals surface area contributed by atoms with Gasteiger partial charge in [-0.15, -0.1) is 0 Å². The fourth-order valence-electron chi connectivity index (χ4n) is 1.82. The molecule has 0 aliphatic heterocycles. The maximum atomic E-state index is 3.50. The van der Waals surface area contributed by atoms with Crippen molar-refractivity contribution in [2.75, 3.05) is 6.54 Å². The summed E-state index contributed by atoms with van der Waals surface area (Å²) in [6.07, 6.45) is 5.58. The van der Waals surface area contributed by atoms with Crippen molar-refractivity contribution in [3.05, 3.63) is 42.0 Å². The largest absolute Gasteiger partial charge is 0.311 e. The van der Waals surface area contributed by atoms with Crippen LogP contribution in [0, 0.1) is 5.92 Å². The Labute approximate surface area is 99.6 Å². The summed E-state index contributed by atoms with van der Waals surface area (Å²) < 4.78 is 0. The van der Waals surface area contributed by atoms with Crippen LogP contribution in [-0.4, -0.2) is 12.6 Å². The quantitative estimate of drug-likeness (QED) is 0.765. The minimum atomic E-state index is 0.598. The van der Waals surface area contributed by atoms with Crippen molar-refractivity contribution in [2.45, 2.75) is 33.2 Å². The lowest BCUT2D eigenvalue weighted by molar-refractivity contribution is 0.458. The molecule has 0 saturated heterocycles. The molecule has 0 bridgehead atoms. The molecule has 0 saturated carbocycles. The standard InChI is InChI=1S/C15H23N/c1-13(2)12-14(3)16-11-7-10-15-8-5-4-6-9-15/h4-10,13-14,16H,11-12H2,1-3H3/b10-7+/t14-/m0/s1. The minimum absolute atomic E-state index is 0.598. The highest BCUT2D eigenvalue weighted by Crippen LogP contribution is 2.04. The third-order valence-electron chi connectivity index (χ3n) is 2.52. The minimum Gasteiger partial charge on any atom is -0.311 e. The zero-order chi connectivity index (χ0) is 11.8. The van der Waals surface area contributed by atoms with Gasteiger partial charge in [0, 0.05) is 12.6 Å². The average Bonchev–Trinajstić information content (AvgIpc) is 2.25. The predicted octanol–water partition coefficient (Wildman–Crippen LogP) is 3.72. The molecular weight excluding hydrogens is 194 g/mol. The van der Waals surface area contributed by atoms with Crippen molar-refractivity contribution >= 4 is 6.08 Å². The van der Waals surface area contributed by atoms with Crippen LogP contribution in [0.15, 0.2) is 36.4 Å². The molecule has 0 amide bonds. The molecule has 0 fully saturated rings. The van der Waals surface area contributed by atoms with Crippen LogP contribution in [0.5, 0.6) is 0 Å². The monoisotopic (exact) mass is 217 g/mol. The van der Waals surface area contributed by atoms with Gasteiger partial charge in [-0.25, -0.2) is 0 Å². The summed E-state index contributed by atoms with van der Waals surface area (Å²) in [5.41, 5.74) is 1.26. The molecule has 0 unspecified atom stereocenters. The molecule has 0 heterocycles. The van der Waals surface area contributed by atoms with Gasteiger partial charge in [-0.2, -0.15) is 0 Å². The lowest BCUT2D eigenvalue weighted by Crippen LogP contribution is -2.27. The first kappa shape index (κ1) is 13.0. The van der Waals surface area contributed by atoms with Crippen molar-refractivity contribution in [3.8, 4) is 0 Å². The Hall–Kier alpha value is -1.08. The van der Waals surface area contributed by atoms with Gasteiger partial charge in [0.15, 0.2) is 0 Å². The van der Waals surface area contributed by atoms with Gasteiger partial charge in [-0.05, 0) is 24.8 Å². The summed E-state index contributed by atoms with van der Waals surface area (Å²) in [4.78, 5) is 0. The molecule has 1 heteroatoms. The zero-order valence-electron chi connectivity index (χ0n) is 10.6. The Bertz CT molecular complexity index is 300. The van der Waals surface area contributed by atoms with E-state index in [0.717, 1.165) is 12.5 Å². The van der Waals surface area contributed by atoms with Crippen molar-refractivity contribution < 1.29 is 0 Å². The normalized spacial score (nSPS) is 13.5. The van der Waals surface area contributed by atoms with Crippen LogP contribution in [-0.2, 0) is 0 Å². The van der Waals surface area contributed by atoms with Gasteiger partial charge < -0.3 is 5.32 Å². The highest BCUT2D eigenvalue weighted by atomic mass is 14.9. The number of hydrogen-bond acceptors (Lipinski definition) is 1. The van der Waals surface area contributed by atoms with Gasteiger partial charge in [0.05, 0.1) is 0 Å². The van der Waals surface area contributed by atoms with E-state index >= 15 is 0 Å². The van der Waals surface area contributed by atoms with Crippen LogP contribution in [0.25, 0.3) is 6.08 Å². The molecule has 0 aliphatic carbocycles. The molecular formula is C15H23N. The first-order valence-corrected chi connectivity index (χ1v) is 6.13. The third-order valence-corrected chi connectivity index (χ3v) is 2.52. The van der Waals surface area contributed by atoms with Crippen molar-refractivity contribution in [2.24, 2.45) is 5.92 Å². The first-order valence-electron chi connectivity index (χ1n) is 6.13. The molecule has 0 radical (unpaired) electrons. The summed E-state index contributed by atoms with van der Waals surface area (Å²) in [6.45, 7) is 7.72. The van der Waals surface area contributed by atoms with Gasteiger partial charge in [0.2, 0.25) is 0 Å². The van der Waals surface area contributed by atoms with E-state index in [9.17, 15) is 0 Å². The molecule has 1 rings (SSSR count). The second-order valence-electron chi connectivity index (χ2n) is 4.75. The topological polar surface area (TPSA) is 12.0 Å². The number of hydrogen-bond donors (Lipinski definition) is 1. The Morgan fingerprint density at radius 1 is 1.12 bits per heavy atom. The summed E-state index contributed by atoms with van der Waals surface area (Å²) >= 11 is 0. The SMILES string of the molecule is CC(C)C[C@H](C)NC/C=C/c1ccccc1. The van der Waals surface area contributed by atoms with Crippen LogP contribution in [0.2, 0.25) is 0 Å². The van der Waals surface area contributed by atoms with Gasteiger partial charge in [0.25, 0.3) is 0 Å². The van der Waals surface area contributed by atoms with Crippen LogP contribution >= 0.6 is 0 Å². The van der Waals surface area contributed by atoms with Crippen LogP contribution in [0.4, 0.5) is 0 Å². The number of rotatable bonds is 6. The highest BCUT2D eigenvalue weighted by molar-refractivity contribution is 5.48. The van der Waals surface area contributed by atoms with E-state index in [1.807, 2.05) is 6.07 Å². The summed E-state index contributed by atoms with van der Waals surface area (Å²) in [7, 11) is 0. The fraction of sp³-hybridized carbons (Fsp3) is 0.467. The summed E-state index contributed by atoms with van der Waals surface area (Å²) in [5.74, 6) is 0.764. The van der Waals surface area contributed by atoms with E-state index in [0.29, 0.717) is 6.04 Å². The first-order chi connectivity index (χ1) is 7.68. The zero-order valence-corrected chi connectivity index (χ0v) is 10.6.